The molecular formula is C12H16BrClO2. The van der Waals surface area contributed by atoms with Gasteiger partial charge >= 0.3 is 0 Å². The lowest BCUT2D eigenvalue weighted by atomic mass is 9.81. The Morgan fingerprint density at radius 2 is 1.94 bits per heavy atom. The lowest BCUT2D eigenvalue weighted by Gasteiger charge is -2.28. The first-order valence-corrected chi connectivity index (χ1v) is 6.39. The normalized spacial score (nSPS) is 11.8. The van der Waals surface area contributed by atoms with E-state index in [1.165, 1.54) is 0 Å². The van der Waals surface area contributed by atoms with Crippen LogP contribution >= 0.6 is 27.5 Å². The van der Waals surface area contributed by atoms with Gasteiger partial charge in [0.05, 0.1) is 13.2 Å². The van der Waals surface area contributed by atoms with Crippen molar-refractivity contribution in [3.05, 3.63) is 33.3 Å². The van der Waals surface area contributed by atoms with Crippen molar-refractivity contribution >= 4 is 27.5 Å². The summed E-state index contributed by atoms with van der Waals surface area (Å²) in [5, 5.41) is 19.4. The summed E-state index contributed by atoms with van der Waals surface area (Å²) in [7, 11) is 0. The maximum absolute atomic E-state index is 9.37. The second-order valence-corrected chi connectivity index (χ2v) is 5.41. The summed E-state index contributed by atoms with van der Waals surface area (Å²) in [6, 6.07) is 5.66. The fraction of sp³-hybridized carbons (Fsp3) is 0.500. The van der Waals surface area contributed by atoms with Gasteiger partial charge in [-0.25, -0.2) is 0 Å². The van der Waals surface area contributed by atoms with Crippen LogP contribution in [0, 0.1) is 5.41 Å². The van der Waals surface area contributed by atoms with Crippen molar-refractivity contribution in [1.82, 2.24) is 0 Å². The van der Waals surface area contributed by atoms with E-state index in [0.717, 1.165) is 10.0 Å². The molecule has 0 spiro atoms. The number of hydrogen-bond donors (Lipinski definition) is 2. The molecule has 2 N–H and O–H groups in total. The highest BCUT2D eigenvalue weighted by Crippen LogP contribution is 2.30. The Labute approximate surface area is 109 Å². The van der Waals surface area contributed by atoms with Crippen molar-refractivity contribution in [2.75, 3.05) is 13.2 Å². The maximum atomic E-state index is 9.37. The Morgan fingerprint density at radius 3 is 2.38 bits per heavy atom. The summed E-state index contributed by atoms with van der Waals surface area (Å²) in [6.45, 7) is 1.89. The van der Waals surface area contributed by atoms with E-state index in [0.29, 0.717) is 17.9 Å². The standard InChI is InChI=1S/C12H16BrClO2/c1-2-12(7-15,8-16)6-9-3-4-10(13)5-11(9)14/h3-5,15-16H,2,6-8H2,1H3. The molecule has 0 atom stereocenters. The van der Waals surface area contributed by atoms with Crippen molar-refractivity contribution in [3.63, 3.8) is 0 Å². The van der Waals surface area contributed by atoms with Gasteiger partial charge in [-0.05, 0) is 30.5 Å². The fourth-order valence-electron chi connectivity index (χ4n) is 1.58. The van der Waals surface area contributed by atoms with Crippen molar-refractivity contribution in [1.29, 1.82) is 0 Å². The van der Waals surface area contributed by atoms with Crippen molar-refractivity contribution < 1.29 is 10.2 Å². The van der Waals surface area contributed by atoms with E-state index in [1.807, 2.05) is 25.1 Å². The van der Waals surface area contributed by atoms with Gasteiger partial charge in [-0.1, -0.05) is 40.5 Å². The number of halogens is 2. The molecule has 0 amide bonds. The number of aliphatic hydroxyl groups excluding tert-OH is 2. The van der Waals surface area contributed by atoms with E-state index in [9.17, 15) is 10.2 Å². The quantitative estimate of drug-likeness (QED) is 0.878. The number of rotatable bonds is 5. The van der Waals surface area contributed by atoms with Crippen molar-refractivity contribution in [3.8, 4) is 0 Å². The first-order chi connectivity index (χ1) is 7.56. The van der Waals surface area contributed by atoms with Gasteiger partial charge in [-0.15, -0.1) is 0 Å². The van der Waals surface area contributed by atoms with E-state index < -0.39 is 5.41 Å². The van der Waals surface area contributed by atoms with Crippen LogP contribution in [0.4, 0.5) is 0 Å². The number of hydrogen-bond acceptors (Lipinski definition) is 2. The summed E-state index contributed by atoms with van der Waals surface area (Å²) in [6.07, 6.45) is 1.30. The van der Waals surface area contributed by atoms with E-state index in [4.69, 9.17) is 11.6 Å². The topological polar surface area (TPSA) is 40.5 Å². The highest BCUT2D eigenvalue weighted by molar-refractivity contribution is 9.10. The van der Waals surface area contributed by atoms with Gasteiger partial charge in [0.25, 0.3) is 0 Å². The zero-order chi connectivity index (χ0) is 12.2. The molecule has 0 aliphatic rings. The molecular weight excluding hydrogens is 291 g/mol. The monoisotopic (exact) mass is 306 g/mol. The molecule has 0 saturated heterocycles. The molecule has 0 unspecified atom stereocenters. The molecule has 0 aliphatic carbocycles. The van der Waals surface area contributed by atoms with E-state index in [2.05, 4.69) is 15.9 Å². The minimum absolute atomic E-state index is 0.0353. The van der Waals surface area contributed by atoms with Gasteiger partial charge in [0.15, 0.2) is 0 Å². The van der Waals surface area contributed by atoms with Gasteiger partial charge < -0.3 is 10.2 Å². The molecule has 4 heteroatoms. The van der Waals surface area contributed by atoms with Crippen LogP contribution in [0.1, 0.15) is 18.9 Å². The van der Waals surface area contributed by atoms with Crippen LogP contribution < -0.4 is 0 Å². The van der Waals surface area contributed by atoms with E-state index >= 15 is 0 Å². The smallest absolute Gasteiger partial charge is 0.0512 e. The average molecular weight is 308 g/mol. The largest absolute Gasteiger partial charge is 0.396 e. The summed E-state index contributed by atoms with van der Waals surface area (Å²) >= 11 is 9.46. The molecule has 0 aliphatic heterocycles. The Bertz CT molecular complexity index is 343. The van der Waals surface area contributed by atoms with Crippen LogP contribution in [0.2, 0.25) is 5.02 Å². The summed E-state index contributed by atoms with van der Waals surface area (Å²) in [5.74, 6) is 0. The summed E-state index contributed by atoms with van der Waals surface area (Å²) in [5.41, 5.74) is 0.479. The van der Waals surface area contributed by atoms with Crippen LogP contribution in [-0.2, 0) is 6.42 Å². The molecule has 2 nitrogen and oxygen atoms in total. The average Bonchev–Trinajstić information content (AvgIpc) is 2.29. The van der Waals surface area contributed by atoms with Gasteiger partial charge in [0, 0.05) is 14.9 Å². The minimum Gasteiger partial charge on any atom is -0.396 e. The third-order valence-electron chi connectivity index (χ3n) is 3.00. The van der Waals surface area contributed by atoms with Crippen molar-refractivity contribution in [2.45, 2.75) is 19.8 Å². The molecule has 1 aromatic rings. The van der Waals surface area contributed by atoms with Crippen LogP contribution in [0.3, 0.4) is 0 Å². The molecule has 90 valence electrons. The predicted molar refractivity (Wildman–Crippen MR) is 69.8 cm³/mol. The molecule has 0 radical (unpaired) electrons. The van der Waals surface area contributed by atoms with Crippen LogP contribution in [0.5, 0.6) is 0 Å². The van der Waals surface area contributed by atoms with Crippen LogP contribution in [-0.4, -0.2) is 23.4 Å². The van der Waals surface area contributed by atoms with E-state index in [-0.39, 0.29) is 13.2 Å². The molecule has 1 aromatic carbocycles. The predicted octanol–water partition coefficient (Wildman–Crippen LogP) is 3.03. The van der Waals surface area contributed by atoms with Crippen LogP contribution in [0.15, 0.2) is 22.7 Å². The maximum Gasteiger partial charge on any atom is 0.0512 e. The Hall–Kier alpha value is -0.0900. The highest BCUT2D eigenvalue weighted by Gasteiger charge is 2.27. The van der Waals surface area contributed by atoms with Gasteiger partial charge in [0.1, 0.15) is 0 Å². The zero-order valence-corrected chi connectivity index (χ0v) is 11.6. The Balaban J connectivity index is 2.93. The minimum atomic E-state index is -0.475. The molecule has 1 rings (SSSR count). The Kier molecular flexibility index (Phi) is 5.25. The third kappa shape index (κ3) is 3.20. The SMILES string of the molecule is CCC(CO)(CO)Cc1ccc(Br)cc1Cl. The second-order valence-electron chi connectivity index (χ2n) is 4.08. The first kappa shape index (κ1) is 14.0. The molecule has 0 saturated carbocycles. The number of aliphatic hydroxyl groups is 2. The first-order valence-electron chi connectivity index (χ1n) is 5.22. The fourth-order valence-corrected chi connectivity index (χ4v) is 2.32. The van der Waals surface area contributed by atoms with Crippen LogP contribution in [0.25, 0.3) is 0 Å². The second kappa shape index (κ2) is 6.01. The molecule has 0 aromatic heterocycles. The molecule has 0 bridgehead atoms. The zero-order valence-electron chi connectivity index (χ0n) is 9.21. The van der Waals surface area contributed by atoms with Gasteiger partial charge in [-0.2, -0.15) is 0 Å². The third-order valence-corrected chi connectivity index (χ3v) is 3.85. The Morgan fingerprint density at radius 1 is 1.31 bits per heavy atom. The molecule has 0 fully saturated rings. The highest BCUT2D eigenvalue weighted by atomic mass is 79.9. The number of benzene rings is 1. The molecule has 16 heavy (non-hydrogen) atoms. The van der Waals surface area contributed by atoms with Gasteiger partial charge in [0.2, 0.25) is 0 Å². The summed E-state index contributed by atoms with van der Waals surface area (Å²) in [4.78, 5) is 0. The lowest BCUT2D eigenvalue weighted by Crippen LogP contribution is -2.31. The lowest BCUT2D eigenvalue weighted by molar-refractivity contribution is 0.0514. The summed E-state index contributed by atoms with van der Waals surface area (Å²) < 4.78 is 0.927. The van der Waals surface area contributed by atoms with E-state index in [1.54, 1.807) is 0 Å². The van der Waals surface area contributed by atoms with Gasteiger partial charge in [-0.3, -0.25) is 0 Å². The molecule has 0 heterocycles. The van der Waals surface area contributed by atoms with Crippen molar-refractivity contribution in [2.24, 2.45) is 5.41 Å².